The van der Waals surface area contributed by atoms with E-state index in [1.54, 1.807) is 12.1 Å². The van der Waals surface area contributed by atoms with Gasteiger partial charge in [-0.25, -0.2) is 8.42 Å². The molecule has 9 heteroatoms. The van der Waals surface area contributed by atoms with Crippen LogP contribution in [0.4, 0.5) is 11.4 Å². The first-order valence-electron chi connectivity index (χ1n) is 10.8. The number of anilines is 2. The van der Waals surface area contributed by atoms with Crippen molar-refractivity contribution < 1.29 is 8.42 Å². The van der Waals surface area contributed by atoms with Crippen molar-refractivity contribution in [2.75, 3.05) is 22.7 Å². The molecule has 0 saturated carbocycles. The Kier molecular flexibility index (Phi) is 5.73. The highest BCUT2D eigenvalue weighted by molar-refractivity contribution is 7.94. The monoisotopic (exact) mass is 500 g/mol. The van der Waals surface area contributed by atoms with E-state index in [9.17, 15) is 8.42 Å². The number of hydrogen-bond donors (Lipinski definition) is 2. The summed E-state index contributed by atoms with van der Waals surface area (Å²) in [6.45, 7) is 7.92. The molecule has 0 bridgehead atoms. The van der Waals surface area contributed by atoms with Gasteiger partial charge in [0.15, 0.2) is 0 Å². The van der Waals surface area contributed by atoms with Crippen molar-refractivity contribution in [2.24, 2.45) is 0 Å². The third kappa shape index (κ3) is 4.28. The number of nitrogens with one attached hydrogen (secondary N) is 2. The lowest BCUT2D eigenvalue weighted by atomic mass is 10.1. The van der Waals surface area contributed by atoms with Gasteiger partial charge in [-0.1, -0.05) is 11.6 Å². The predicted molar refractivity (Wildman–Crippen MR) is 138 cm³/mol. The van der Waals surface area contributed by atoms with Gasteiger partial charge in [-0.05, 0) is 74.2 Å². The summed E-state index contributed by atoms with van der Waals surface area (Å²) in [5.41, 5.74) is 3.12. The third-order valence-corrected chi connectivity index (χ3v) is 9.48. The van der Waals surface area contributed by atoms with Crippen LogP contribution in [0.15, 0.2) is 52.9 Å². The van der Waals surface area contributed by atoms with Gasteiger partial charge in [0.2, 0.25) is 0 Å². The van der Waals surface area contributed by atoms with Gasteiger partial charge in [0.1, 0.15) is 4.21 Å². The van der Waals surface area contributed by atoms with Gasteiger partial charge in [0.05, 0.1) is 5.52 Å². The summed E-state index contributed by atoms with van der Waals surface area (Å²) in [7, 11) is -3.76. The number of benzene rings is 2. The molecule has 0 amide bonds. The Morgan fingerprint density at radius 1 is 1.09 bits per heavy atom. The van der Waals surface area contributed by atoms with Gasteiger partial charge in [0, 0.05) is 57.9 Å². The molecule has 1 saturated heterocycles. The van der Waals surface area contributed by atoms with Gasteiger partial charge in [-0.15, -0.1) is 11.3 Å². The zero-order chi connectivity index (χ0) is 23.3. The largest absolute Gasteiger partial charge is 0.368 e. The number of aryl methyl sites for hydroxylation is 1. The molecule has 0 aliphatic carbocycles. The lowest BCUT2D eigenvalue weighted by molar-refractivity contribution is 0.407. The summed E-state index contributed by atoms with van der Waals surface area (Å²) in [6.07, 6.45) is 1.81. The lowest BCUT2D eigenvalue weighted by Gasteiger charge is -2.38. The van der Waals surface area contributed by atoms with Gasteiger partial charge in [0.25, 0.3) is 10.0 Å². The number of hydrogen-bond acceptors (Lipinski definition) is 6. The van der Waals surface area contributed by atoms with E-state index in [0.717, 1.165) is 39.8 Å². The number of pyridine rings is 1. The molecule has 0 spiro atoms. The number of sulfonamides is 1. The highest BCUT2D eigenvalue weighted by Crippen LogP contribution is 2.37. The van der Waals surface area contributed by atoms with E-state index in [0.29, 0.717) is 32.6 Å². The van der Waals surface area contributed by atoms with Crippen LogP contribution in [0.25, 0.3) is 21.0 Å². The summed E-state index contributed by atoms with van der Waals surface area (Å²) in [4.78, 5) is 6.83. The number of aromatic nitrogens is 1. The van der Waals surface area contributed by atoms with E-state index < -0.39 is 10.0 Å². The SMILES string of the molecule is Cc1c(S(=O)(=O)Nc2ccc3nccc(N4C[C@@H](C)N[C@H](C)C4)c3c2)sc2ccc(Cl)cc12. The quantitative estimate of drug-likeness (QED) is 0.392. The standard InChI is InChI=1S/C24H25ClN4O2S2/c1-14-12-29(13-15(2)27-14)22-8-9-26-21-6-5-18(11-20(21)22)28-33(30,31)24-16(3)19-10-17(25)4-7-23(19)32-24/h4-11,14-15,27-28H,12-13H2,1-3H3/t14-,15-/m1/s1. The van der Waals surface area contributed by atoms with Crippen molar-refractivity contribution in [3.05, 3.63) is 59.2 Å². The van der Waals surface area contributed by atoms with E-state index in [2.05, 4.69) is 33.8 Å². The van der Waals surface area contributed by atoms with Gasteiger partial charge < -0.3 is 10.2 Å². The van der Waals surface area contributed by atoms with E-state index in [1.807, 2.05) is 43.5 Å². The Bertz CT molecular complexity index is 1460. The molecule has 2 atom stereocenters. The Labute approximate surface area is 202 Å². The second kappa shape index (κ2) is 8.43. The minimum Gasteiger partial charge on any atom is -0.368 e. The Balaban J connectivity index is 1.52. The number of fused-ring (bicyclic) bond motifs is 2. The molecule has 4 aromatic rings. The molecule has 1 aliphatic heterocycles. The number of rotatable bonds is 4. The molecule has 2 N–H and O–H groups in total. The van der Waals surface area contributed by atoms with Crippen molar-refractivity contribution in [3.8, 4) is 0 Å². The van der Waals surface area contributed by atoms with Crippen LogP contribution in [0, 0.1) is 6.92 Å². The summed E-state index contributed by atoms with van der Waals surface area (Å²) < 4.78 is 30.6. The smallest absolute Gasteiger partial charge is 0.271 e. The highest BCUT2D eigenvalue weighted by Gasteiger charge is 2.24. The van der Waals surface area contributed by atoms with Crippen LogP contribution in [0.2, 0.25) is 5.02 Å². The van der Waals surface area contributed by atoms with Crippen molar-refractivity contribution >= 4 is 65.3 Å². The number of halogens is 1. The molecular weight excluding hydrogens is 476 g/mol. The van der Waals surface area contributed by atoms with E-state index >= 15 is 0 Å². The molecule has 33 heavy (non-hydrogen) atoms. The van der Waals surface area contributed by atoms with Crippen LogP contribution < -0.4 is 14.9 Å². The van der Waals surface area contributed by atoms with Crippen LogP contribution in [0.3, 0.4) is 0 Å². The number of piperazine rings is 1. The second-order valence-corrected chi connectivity index (χ2v) is 12.1. The molecule has 0 unspecified atom stereocenters. The fraction of sp³-hybridized carbons (Fsp3) is 0.292. The molecule has 0 radical (unpaired) electrons. The molecule has 1 fully saturated rings. The molecule has 6 nitrogen and oxygen atoms in total. The maximum Gasteiger partial charge on any atom is 0.271 e. The number of thiophene rings is 1. The van der Waals surface area contributed by atoms with Crippen molar-refractivity contribution in [1.82, 2.24) is 10.3 Å². The molecule has 1 aliphatic rings. The average Bonchev–Trinajstić information content (AvgIpc) is 3.09. The van der Waals surface area contributed by atoms with E-state index in [-0.39, 0.29) is 0 Å². The van der Waals surface area contributed by atoms with Crippen LogP contribution in [-0.2, 0) is 10.0 Å². The average molecular weight is 501 g/mol. The van der Waals surface area contributed by atoms with E-state index in [1.165, 1.54) is 11.3 Å². The zero-order valence-corrected chi connectivity index (χ0v) is 21.0. The summed E-state index contributed by atoms with van der Waals surface area (Å²) in [6, 6.07) is 13.7. The maximum absolute atomic E-state index is 13.3. The molecule has 3 heterocycles. The summed E-state index contributed by atoms with van der Waals surface area (Å²) >= 11 is 7.37. The topological polar surface area (TPSA) is 74.3 Å². The zero-order valence-electron chi connectivity index (χ0n) is 18.6. The summed E-state index contributed by atoms with van der Waals surface area (Å²) in [5, 5.41) is 5.93. The van der Waals surface area contributed by atoms with Crippen molar-refractivity contribution in [3.63, 3.8) is 0 Å². The van der Waals surface area contributed by atoms with Crippen LogP contribution >= 0.6 is 22.9 Å². The van der Waals surface area contributed by atoms with E-state index in [4.69, 9.17) is 11.6 Å². The van der Waals surface area contributed by atoms with Gasteiger partial charge >= 0.3 is 0 Å². The van der Waals surface area contributed by atoms with Crippen molar-refractivity contribution in [2.45, 2.75) is 37.1 Å². The molecule has 2 aromatic carbocycles. The first kappa shape index (κ1) is 22.4. The van der Waals surface area contributed by atoms with Gasteiger partial charge in [-0.2, -0.15) is 0 Å². The van der Waals surface area contributed by atoms with Crippen molar-refractivity contribution in [1.29, 1.82) is 0 Å². The Morgan fingerprint density at radius 2 is 1.85 bits per heavy atom. The van der Waals surface area contributed by atoms with Crippen LogP contribution in [-0.4, -0.2) is 38.6 Å². The maximum atomic E-state index is 13.3. The Morgan fingerprint density at radius 3 is 2.61 bits per heavy atom. The van der Waals surface area contributed by atoms with Crippen LogP contribution in [0.1, 0.15) is 19.4 Å². The molecule has 2 aromatic heterocycles. The first-order chi connectivity index (χ1) is 15.7. The van der Waals surface area contributed by atoms with Gasteiger partial charge in [-0.3, -0.25) is 9.71 Å². The minimum atomic E-state index is -3.76. The fourth-order valence-electron chi connectivity index (χ4n) is 4.62. The predicted octanol–water partition coefficient (Wildman–Crippen LogP) is 5.40. The normalized spacial score (nSPS) is 19.3. The highest BCUT2D eigenvalue weighted by atomic mass is 35.5. The lowest BCUT2D eigenvalue weighted by Crippen LogP contribution is -2.54. The summed E-state index contributed by atoms with van der Waals surface area (Å²) in [5.74, 6) is 0. The van der Waals surface area contributed by atoms with Crippen LogP contribution in [0.5, 0.6) is 0 Å². The minimum absolute atomic E-state index is 0.302. The molecular formula is C24H25ClN4O2S2. The second-order valence-electron chi connectivity index (χ2n) is 8.70. The molecule has 172 valence electrons. The first-order valence-corrected chi connectivity index (χ1v) is 13.5. The fourth-order valence-corrected chi connectivity index (χ4v) is 7.59. The third-order valence-electron chi connectivity index (χ3n) is 5.97. The molecule has 5 rings (SSSR count). The number of nitrogens with zero attached hydrogens (tertiary/aromatic N) is 2. The Hall–Kier alpha value is -2.39.